The van der Waals surface area contributed by atoms with Gasteiger partial charge in [-0.15, -0.1) is 0 Å². The Hall–Kier alpha value is -2.48. The SMILES string of the molecule is Cc1c(CC(=O)O)cc2ccc(F)cc2c1C1CCN(S(=O)(=O)Cc2ccc(Cl)cc2)CC1. The van der Waals surface area contributed by atoms with Gasteiger partial charge >= 0.3 is 5.97 Å². The van der Waals surface area contributed by atoms with Crippen molar-refractivity contribution >= 4 is 38.4 Å². The summed E-state index contributed by atoms with van der Waals surface area (Å²) in [5, 5.41) is 11.5. The van der Waals surface area contributed by atoms with Gasteiger partial charge in [0.05, 0.1) is 12.2 Å². The summed E-state index contributed by atoms with van der Waals surface area (Å²) in [5.41, 5.74) is 3.16. The lowest BCUT2D eigenvalue weighted by Crippen LogP contribution is -2.38. The summed E-state index contributed by atoms with van der Waals surface area (Å²) in [4.78, 5) is 11.4. The molecule has 5 nitrogen and oxygen atoms in total. The normalized spacial score (nSPS) is 15.7. The number of sulfonamides is 1. The van der Waals surface area contributed by atoms with Crippen LogP contribution in [-0.2, 0) is 27.0 Å². The number of halogens is 2. The number of carbonyl (C=O) groups is 1. The van der Waals surface area contributed by atoms with Gasteiger partial charge in [-0.1, -0.05) is 35.9 Å². The number of benzene rings is 3. The number of nitrogens with zero attached hydrogens (tertiary/aromatic N) is 1. The van der Waals surface area contributed by atoms with Gasteiger partial charge in [0.1, 0.15) is 5.82 Å². The molecule has 0 spiro atoms. The topological polar surface area (TPSA) is 74.7 Å². The maximum absolute atomic E-state index is 14.1. The van der Waals surface area contributed by atoms with Crippen LogP contribution in [0, 0.1) is 12.7 Å². The lowest BCUT2D eigenvalue weighted by Gasteiger charge is -2.33. The first-order valence-corrected chi connectivity index (χ1v) is 12.8. The molecule has 0 aliphatic carbocycles. The molecule has 0 unspecified atom stereocenters. The molecule has 1 fully saturated rings. The van der Waals surface area contributed by atoms with Crippen LogP contribution >= 0.6 is 11.6 Å². The van der Waals surface area contributed by atoms with E-state index in [9.17, 15) is 22.7 Å². The van der Waals surface area contributed by atoms with Crippen molar-refractivity contribution in [2.45, 2.75) is 37.9 Å². The Morgan fingerprint density at radius 3 is 2.42 bits per heavy atom. The number of hydrogen-bond acceptors (Lipinski definition) is 3. The number of aliphatic carboxylic acids is 1. The molecule has 1 aliphatic heterocycles. The molecule has 1 saturated heterocycles. The number of piperidine rings is 1. The first-order chi connectivity index (χ1) is 15.6. The molecule has 8 heteroatoms. The first-order valence-electron chi connectivity index (χ1n) is 10.8. The Kier molecular flexibility index (Phi) is 6.75. The van der Waals surface area contributed by atoms with Gasteiger partial charge in [-0.25, -0.2) is 17.1 Å². The van der Waals surface area contributed by atoms with Gasteiger partial charge in [-0.3, -0.25) is 4.79 Å². The average molecular weight is 490 g/mol. The highest BCUT2D eigenvalue weighted by Crippen LogP contribution is 2.38. The Labute approximate surface area is 197 Å². The van der Waals surface area contributed by atoms with Crippen LogP contribution in [0.4, 0.5) is 4.39 Å². The maximum Gasteiger partial charge on any atom is 0.307 e. The van der Waals surface area contributed by atoms with Crippen molar-refractivity contribution in [2.75, 3.05) is 13.1 Å². The third-order valence-corrected chi connectivity index (χ3v) is 8.48. The fraction of sp³-hybridized carbons (Fsp3) is 0.320. The predicted molar refractivity (Wildman–Crippen MR) is 128 cm³/mol. The average Bonchev–Trinajstić information content (AvgIpc) is 2.76. The molecule has 0 amide bonds. The summed E-state index contributed by atoms with van der Waals surface area (Å²) in [6.45, 7) is 2.60. The third-order valence-electron chi connectivity index (χ3n) is 6.38. The summed E-state index contributed by atoms with van der Waals surface area (Å²) in [6.07, 6.45) is 1.06. The fourth-order valence-electron chi connectivity index (χ4n) is 4.74. The molecule has 0 saturated carbocycles. The van der Waals surface area contributed by atoms with Gasteiger partial charge < -0.3 is 5.11 Å². The minimum Gasteiger partial charge on any atom is -0.481 e. The molecule has 3 aromatic rings. The van der Waals surface area contributed by atoms with Crippen LogP contribution in [0.15, 0.2) is 48.5 Å². The van der Waals surface area contributed by atoms with E-state index < -0.39 is 16.0 Å². The van der Waals surface area contributed by atoms with E-state index in [1.54, 1.807) is 30.3 Å². The lowest BCUT2D eigenvalue weighted by molar-refractivity contribution is -0.136. The molecule has 4 rings (SSSR count). The highest BCUT2D eigenvalue weighted by Gasteiger charge is 2.30. The van der Waals surface area contributed by atoms with Crippen molar-refractivity contribution in [3.05, 3.63) is 81.6 Å². The number of fused-ring (bicyclic) bond motifs is 1. The van der Waals surface area contributed by atoms with Gasteiger partial charge in [0.2, 0.25) is 10.0 Å². The zero-order valence-corrected chi connectivity index (χ0v) is 19.8. The van der Waals surface area contributed by atoms with Crippen molar-refractivity contribution in [3.8, 4) is 0 Å². The third kappa shape index (κ3) is 5.21. The van der Waals surface area contributed by atoms with Gasteiger partial charge in [-0.05, 0) is 83.0 Å². The van der Waals surface area contributed by atoms with Crippen LogP contribution in [0.25, 0.3) is 10.8 Å². The Bertz CT molecular complexity index is 1300. The molecular weight excluding hydrogens is 465 g/mol. The Morgan fingerprint density at radius 2 is 1.79 bits per heavy atom. The smallest absolute Gasteiger partial charge is 0.307 e. The van der Waals surface area contributed by atoms with E-state index in [0.29, 0.717) is 42.1 Å². The standard InChI is InChI=1S/C25H25ClFNO4S/c1-16-20(13-24(29)30)12-19-4-7-22(27)14-23(19)25(16)18-8-10-28(11-9-18)33(31,32)15-17-2-5-21(26)6-3-17/h2-7,12,14,18H,8-11,13,15H2,1H3,(H,29,30). The van der Waals surface area contributed by atoms with Crippen LogP contribution in [0.1, 0.15) is 41.0 Å². The molecule has 1 aliphatic rings. The second-order valence-corrected chi connectivity index (χ2v) is 11.0. The summed E-state index contributed by atoms with van der Waals surface area (Å²) >= 11 is 5.89. The van der Waals surface area contributed by atoms with Crippen molar-refractivity contribution < 1.29 is 22.7 Å². The molecule has 0 atom stereocenters. The van der Waals surface area contributed by atoms with Crippen molar-refractivity contribution in [1.29, 1.82) is 0 Å². The minimum absolute atomic E-state index is 0.0185. The van der Waals surface area contributed by atoms with Crippen LogP contribution in [0.3, 0.4) is 0 Å². The summed E-state index contributed by atoms with van der Waals surface area (Å²) in [6, 6.07) is 13.1. The highest BCUT2D eigenvalue weighted by atomic mass is 35.5. The van der Waals surface area contributed by atoms with E-state index in [-0.39, 0.29) is 23.9 Å². The predicted octanol–water partition coefficient (Wildman–Crippen LogP) is 5.28. The van der Waals surface area contributed by atoms with E-state index >= 15 is 0 Å². The number of carboxylic acids is 1. The van der Waals surface area contributed by atoms with E-state index in [1.165, 1.54) is 16.4 Å². The molecule has 3 aromatic carbocycles. The second kappa shape index (κ2) is 9.41. The lowest BCUT2D eigenvalue weighted by atomic mass is 9.82. The molecule has 174 valence electrons. The van der Waals surface area contributed by atoms with Crippen LogP contribution in [0.2, 0.25) is 5.02 Å². The molecule has 1 N–H and O–H groups in total. The van der Waals surface area contributed by atoms with E-state index in [0.717, 1.165) is 21.9 Å². The maximum atomic E-state index is 14.1. The number of hydrogen-bond donors (Lipinski definition) is 1. The largest absolute Gasteiger partial charge is 0.481 e. The molecule has 0 radical (unpaired) electrons. The highest BCUT2D eigenvalue weighted by molar-refractivity contribution is 7.88. The molecule has 33 heavy (non-hydrogen) atoms. The van der Waals surface area contributed by atoms with Crippen molar-refractivity contribution in [2.24, 2.45) is 0 Å². The zero-order chi connectivity index (χ0) is 23.8. The minimum atomic E-state index is -3.49. The monoisotopic (exact) mass is 489 g/mol. The van der Waals surface area contributed by atoms with Crippen molar-refractivity contribution in [3.63, 3.8) is 0 Å². The Morgan fingerprint density at radius 1 is 1.12 bits per heavy atom. The number of rotatable bonds is 6. The van der Waals surface area contributed by atoms with Crippen molar-refractivity contribution in [1.82, 2.24) is 4.31 Å². The van der Waals surface area contributed by atoms with Crippen LogP contribution in [0.5, 0.6) is 0 Å². The molecule has 0 bridgehead atoms. The van der Waals surface area contributed by atoms with E-state index in [4.69, 9.17) is 11.6 Å². The van der Waals surface area contributed by atoms with E-state index in [1.807, 2.05) is 13.0 Å². The second-order valence-electron chi connectivity index (χ2n) is 8.57. The quantitative estimate of drug-likeness (QED) is 0.511. The Balaban J connectivity index is 1.59. The fourth-order valence-corrected chi connectivity index (χ4v) is 6.43. The van der Waals surface area contributed by atoms with E-state index in [2.05, 4.69) is 0 Å². The molecular formula is C25H25ClFNO4S. The van der Waals surface area contributed by atoms with Gasteiger partial charge in [0.25, 0.3) is 0 Å². The summed E-state index contributed by atoms with van der Waals surface area (Å²) in [5.74, 6) is -1.34. The summed E-state index contributed by atoms with van der Waals surface area (Å²) in [7, 11) is -3.49. The van der Waals surface area contributed by atoms with Gasteiger partial charge in [0, 0.05) is 18.1 Å². The zero-order valence-electron chi connectivity index (χ0n) is 18.2. The number of carboxylic acid groups (broad SMARTS) is 1. The van der Waals surface area contributed by atoms with Crippen LogP contribution in [-0.4, -0.2) is 36.9 Å². The molecule has 0 aromatic heterocycles. The van der Waals surface area contributed by atoms with Gasteiger partial charge in [-0.2, -0.15) is 0 Å². The van der Waals surface area contributed by atoms with Crippen LogP contribution < -0.4 is 0 Å². The first kappa shape index (κ1) is 23.7. The molecule has 1 heterocycles. The van der Waals surface area contributed by atoms with Gasteiger partial charge in [0.15, 0.2) is 0 Å². The summed E-state index contributed by atoms with van der Waals surface area (Å²) < 4.78 is 41.5.